The first-order valence-corrected chi connectivity index (χ1v) is 11.3. The SMILES string of the molecule is Nc1ncc(-c2cnn(C3CCNCC3)c2)cc1-c1cc2c(-c3ccco3)ccc(F)c2cn1. The van der Waals surface area contributed by atoms with E-state index in [9.17, 15) is 4.39 Å². The van der Waals surface area contributed by atoms with Crippen LogP contribution in [0.25, 0.3) is 44.5 Å². The third-order valence-electron chi connectivity index (χ3n) is 6.45. The molecular weight excluding hydrogens is 431 g/mol. The zero-order valence-electron chi connectivity index (χ0n) is 18.4. The molecule has 170 valence electrons. The summed E-state index contributed by atoms with van der Waals surface area (Å²) in [5.41, 5.74) is 10.2. The first-order valence-electron chi connectivity index (χ1n) is 11.3. The summed E-state index contributed by atoms with van der Waals surface area (Å²) in [5, 5.41) is 9.09. The van der Waals surface area contributed by atoms with Crippen LogP contribution in [0.1, 0.15) is 18.9 Å². The van der Waals surface area contributed by atoms with Crippen LogP contribution in [0.15, 0.2) is 71.9 Å². The van der Waals surface area contributed by atoms with Crippen LogP contribution in [0.2, 0.25) is 0 Å². The van der Waals surface area contributed by atoms with Gasteiger partial charge in [-0.3, -0.25) is 9.67 Å². The first kappa shape index (κ1) is 20.6. The monoisotopic (exact) mass is 454 g/mol. The van der Waals surface area contributed by atoms with Gasteiger partial charge in [-0.05, 0) is 67.7 Å². The zero-order valence-corrected chi connectivity index (χ0v) is 18.4. The number of hydrogen-bond donors (Lipinski definition) is 2. The van der Waals surface area contributed by atoms with E-state index >= 15 is 0 Å². The zero-order chi connectivity index (χ0) is 23.1. The molecule has 0 spiro atoms. The number of anilines is 1. The topological polar surface area (TPSA) is 94.8 Å². The van der Waals surface area contributed by atoms with Crippen molar-refractivity contribution in [2.75, 3.05) is 18.8 Å². The van der Waals surface area contributed by atoms with Gasteiger partial charge in [-0.25, -0.2) is 9.37 Å². The van der Waals surface area contributed by atoms with Gasteiger partial charge in [0.1, 0.15) is 17.4 Å². The second-order valence-corrected chi connectivity index (χ2v) is 8.53. The summed E-state index contributed by atoms with van der Waals surface area (Å²) in [6.07, 6.45) is 10.9. The van der Waals surface area contributed by atoms with Crippen LogP contribution >= 0.6 is 0 Å². The van der Waals surface area contributed by atoms with Crippen LogP contribution in [0.5, 0.6) is 0 Å². The van der Waals surface area contributed by atoms with E-state index in [1.165, 1.54) is 12.3 Å². The molecule has 0 amide bonds. The van der Waals surface area contributed by atoms with Crippen LogP contribution < -0.4 is 11.1 Å². The van der Waals surface area contributed by atoms with Crippen molar-refractivity contribution in [2.24, 2.45) is 0 Å². The smallest absolute Gasteiger partial charge is 0.134 e. The minimum Gasteiger partial charge on any atom is -0.464 e. The second-order valence-electron chi connectivity index (χ2n) is 8.53. The molecule has 0 aliphatic carbocycles. The Morgan fingerprint density at radius 2 is 1.85 bits per heavy atom. The third-order valence-corrected chi connectivity index (χ3v) is 6.45. The van der Waals surface area contributed by atoms with Crippen molar-refractivity contribution in [3.8, 4) is 33.7 Å². The van der Waals surface area contributed by atoms with Crippen molar-refractivity contribution in [3.05, 3.63) is 73.3 Å². The quantitative estimate of drug-likeness (QED) is 0.394. The highest BCUT2D eigenvalue weighted by atomic mass is 19.1. The fraction of sp³-hybridized carbons (Fsp3) is 0.192. The van der Waals surface area contributed by atoms with Crippen LogP contribution in [0.3, 0.4) is 0 Å². The number of nitrogens with zero attached hydrogens (tertiary/aromatic N) is 4. The molecule has 7 nitrogen and oxygen atoms in total. The molecule has 0 saturated carbocycles. The molecule has 5 aromatic rings. The maximum absolute atomic E-state index is 14.5. The van der Waals surface area contributed by atoms with Crippen molar-refractivity contribution < 1.29 is 8.81 Å². The summed E-state index contributed by atoms with van der Waals surface area (Å²) >= 11 is 0. The first-order chi connectivity index (χ1) is 16.7. The van der Waals surface area contributed by atoms with E-state index < -0.39 is 0 Å². The van der Waals surface area contributed by atoms with Gasteiger partial charge < -0.3 is 15.5 Å². The molecule has 5 heterocycles. The lowest BCUT2D eigenvalue weighted by Crippen LogP contribution is -2.29. The minimum absolute atomic E-state index is 0.338. The fourth-order valence-corrected chi connectivity index (χ4v) is 4.59. The number of benzene rings is 1. The van der Waals surface area contributed by atoms with Gasteiger partial charge in [-0.1, -0.05) is 0 Å². The van der Waals surface area contributed by atoms with E-state index in [0.717, 1.165) is 42.6 Å². The molecular formula is C26H23FN6O. The van der Waals surface area contributed by atoms with Crippen LogP contribution in [-0.2, 0) is 0 Å². The van der Waals surface area contributed by atoms with Gasteiger partial charge in [0.15, 0.2) is 0 Å². The fourth-order valence-electron chi connectivity index (χ4n) is 4.59. The highest BCUT2D eigenvalue weighted by Crippen LogP contribution is 2.35. The maximum atomic E-state index is 14.5. The number of furan rings is 1. The lowest BCUT2D eigenvalue weighted by atomic mass is 10.0. The van der Waals surface area contributed by atoms with Crippen molar-refractivity contribution in [1.82, 2.24) is 25.1 Å². The number of rotatable bonds is 4. The van der Waals surface area contributed by atoms with Gasteiger partial charge in [-0.15, -0.1) is 0 Å². The molecule has 0 unspecified atom stereocenters. The Morgan fingerprint density at radius 3 is 2.68 bits per heavy atom. The highest BCUT2D eigenvalue weighted by molar-refractivity contribution is 5.98. The van der Waals surface area contributed by atoms with E-state index in [-0.39, 0.29) is 5.82 Å². The molecule has 1 fully saturated rings. The molecule has 1 aliphatic heterocycles. The average molecular weight is 455 g/mol. The molecule has 8 heteroatoms. The average Bonchev–Trinajstić information content (AvgIpc) is 3.58. The Hall–Kier alpha value is -4.04. The summed E-state index contributed by atoms with van der Waals surface area (Å²) in [7, 11) is 0. The van der Waals surface area contributed by atoms with Crippen molar-refractivity contribution in [3.63, 3.8) is 0 Å². The number of pyridine rings is 2. The van der Waals surface area contributed by atoms with E-state index in [0.29, 0.717) is 39.6 Å². The number of nitrogen functional groups attached to an aromatic ring is 1. The minimum atomic E-state index is -0.338. The Bertz CT molecular complexity index is 1470. The van der Waals surface area contributed by atoms with Gasteiger partial charge in [-0.2, -0.15) is 5.10 Å². The molecule has 1 saturated heterocycles. The number of hydrogen-bond acceptors (Lipinski definition) is 6. The predicted octanol–water partition coefficient (Wildman–Crippen LogP) is 5.07. The van der Waals surface area contributed by atoms with Crippen LogP contribution in [-0.4, -0.2) is 32.8 Å². The second kappa shape index (κ2) is 8.39. The summed E-state index contributed by atoms with van der Waals surface area (Å²) in [6, 6.07) is 11.0. The van der Waals surface area contributed by atoms with E-state index in [4.69, 9.17) is 10.2 Å². The summed E-state index contributed by atoms with van der Waals surface area (Å²) in [6.45, 7) is 2.00. The van der Waals surface area contributed by atoms with Gasteiger partial charge in [0, 0.05) is 46.2 Å². The van der Waals surface area contributed by atoms with Crippen molar-refractivity contribution >= 4 is 16.6 Å². The molecule has 0 atom stereocenters. The molecule has 3 N–H and O–H groups in total. The lowest BCUT2D eigenvalue weighted by Gasteiger charge is -2.22. The Kier molecular flexibility index (Phi) is 5.07. The largest absolute Gasteiger partial charge is 0.464 e. The van der Waals surface area contributed by atoms with Crippen molar-refractivity contribution in [1.29, 1.82) is 0 Å². The number of fused-ring (bicyclic) bond motifs is 1. The van der Waals surface area contributed by atoms with Gasteiger partial charge in [0.2, 0.25) is 0 Å². The summed E-state index contributed by atoms with van der Waals surface area (Å²) in [4.78, 5) is 8.94. The van der Waals surface area contributed by atoms with Crippen LogP contribution in [0, 0.1) is 5.82 Å². The van der Waals surface area contributed by atoms with Gasteiger partial charge >= 0.3 is 0 Å². The molecule has 4 aromatic heterocycles. The van der Waals surface area contributed by atoms with Crippen molar-refractivity contribution in [2.45, 2.75) is 18.9 Å². The molecule has 0 bridgehead atoms. The molecule has 1 aliphatic rings. The van der Waals surface area contributed by atoms with Gasteiger partial charge in [0.05, 0.1) is 24.2 Å². The maximum Gasteiger partial charge on any atom is 0.134 e. The highest BCUT2D eigenvalue weighted by Gasteiger charge is 2.18. The number of aromatic nitrogens is 4. The van der Waals surface area contributed by atoms with E-state index in [2.05, 4.69) is 26.6 Å². The summed E-state index contributed by atoms with van der Waals surface area (Å²) in [5.74, 6) is 0.680. The molecule has 0 radical (unpaired) electrons. The number of halogens is 1. The lowest BCUT2D eigenvalue weighted by molar-refractivity contribution is 0.343. The van der Waals surface area contributed by atoms with E-state index in [1.54, 1.807) is 18.5 Å². The number of piperidine rings is 1. The van der Waals surface area contributed by atoms with E-state index in [1.807, 2.05) is 35.1 Å². The Balaban J connectivity index is 1.42. The summed E-state index contributed by atoms with van der Waals surface area (Å²) < 4.78 is 22.2. The molecule has 1 aromatic carbocycles. The van der Waals surface area contributed by atoms with Gasteiger partial charge in [0.25, 0.3) is 0 Å². The third kappa shape index (κ3) is 3.62. The number of nitrogens with two attached hydrogens (primary N) is 1. The Labute approximate surface area is 195 Å². The standard InChI is InChI=1S/C26H23FN6O/c27-23-4-3-19(25-2-1-9-34-25)20-11-24(30-14-22(20)23)21-10-16(12-31-26(21)28)17-13-32-33(15-17)18-5-7-29-8-6-18/h1-4,9-15,18,29H,5-8H2,(H2,28,31). The van der Waals surface area contributed by atoms with Crippen LogP contribution in [0.4, 0.5) is 10.2 Å². The molecule has 6 rings (SSSR count). The Morgan fingerprint density at radius 1 is 0.971 bits per heavy atom. The normalized spacial score (nSPS) is 14.6. The number of nitrogens with one attached hydrogen (secondary N) is 1. The molecule has 34 heavy (non-hydrogen) atoms. The predicted molar refractivity (Wildman–Crippen MR) is 129 cm³/mol.